The van der Waals surface area contributed by atoms with Gasteiger partial charge in [-0.3, -0.25) is 9.59 Å². The number of piperidine rings is 1. The van der Waals surface area contributed by atoms with Crippen molar-refractivity contribution in [2.45, 2.75) is 55.6 Å². The summed E-state index contributed by atoms with van der Waals surface area (Å²) in [4.78, 5) is 25.5. The number of benzene rings is 1. The van der Waals surface area contributed by atoms with Crippen molar-refractivity contribution in [3.63, 3.8) is 0 Å². The number of nitrogens with one attached hydrogen (secondary N) is 1. The molecule has 1 saturated carbocycles. The Hall–Kier alpha value is -1.30. The molecule has 2 heterocycles. The van der Waals surface area contributed by atoms with E-state index >= 15 is 0 Å². The Morgan fingerprint density at radius 1 is 1.18 bits per heavy atom. The van der Waals surface area contributed by atoms with Gasteiger partial charge < -0.3 is 15.0 Å². The highest BCUT2D eigenvalue weighted by Gasteiger charge is 2.41. The molecular weight excluding hydrogens is 399 g/mol. The monoisotopic (exact) mass is 424 g/mol. The molecule has 0 aromatic heterocycles. The Bertz CT molecular complexity index is 736. The molecule has 2 aliphatic heterocycles. The van der Waals surface area contributed by atoms with Gasteiger partial charge in [-0.2, -0.15) is 0 Å². The van der Waals surface area contributed by atoms with Crippen LogP contribution in [0.4, 0.5) is 5.69 Å². The fraction of sp³-hybridized carbons (Fsp3) is 0.619. The Morgan fingerprint density at radius 2 is 1.96 bits per heavy atom. The third kappa shape index (κ3) is 4.32. The van der Waals surface area contributed by atoms with E-state index in [1.165, 1.54) is 12.8 Å². The molecule has 1 aromatic carbocycles. The number of likely N-dealkylation sites (tertiary alicyclic amines) is 1. The summed E-state index contributed by atoms with van der Waals surface area (Å²) in [6.45, 7) is 1.60. The Balaban J connectivity index is 1.39. The van der Waals surface area contributed by atoms with E-state index in [0.717, 1.165) is 44.3 Å². The molecule has 5 nitrogen and oxygen atoms in total. The van der Waals surface area contributed by atoms with Crippen molar-refractivity contribution in [1.29, 1.82) is 0 Å². The summed E-state index contributed by atoms with van der Waals surface area (Å²) >= 11 is 11.2. The Kier molecular flexibility index (Phi) is 6.14. The van der Waals surface area contributed by atoms with Crippen LogP contribution in [0.5, 0.6) is 0 Å². The number of hydrogen-bond acceptors (Lipinski definition) is 3. The number of anilines is 1. The van der Waals surface area contributed by atoms with Gasteiger partial charge in [-0.15, -0.1) is 0 Å². The van der Waals surface area contributed by atoms with Crippen LogP contribution >= 0.6 is 23.2 Å². The van der Waals surface area contributed by atoms with Crippen LogP contribution in [0.3, 0.4) is 0 Å². The SMILES string of the molecule is O=C(Nc1cccc([C@@H]2C[C@H]3CN(C(=O)C4CCCC4)CC[C@@H]3O2)c1)C(Cl)Cl. The number of amides is 2. The van der Waals surface area contributed by atoms with Crippen molar-refractivity contribution >= 4 is 40.7 Å². The van der Waals surface area contributed by atoms with Gasteiger partial charge >= 0.3 is 0 Å². The number of ether oxygens (including phenoxy) is 1. The smallest absolute Gasteiger partial charge is 0.257 e. The lowest BCUT2D eigenvalue weighted by Gasteiger charge is -2.35. The van der Waals surface area contributed by atoms with Gasteiger partial charge in [-0.1, -0.05) is 48.2 Å². The highest BCUT2D eigenvalue weighted by atomic mass is 35.5. The molecule has 2 amide bonds. The molecule has 0 unspecified atom stereocenters. The van der Waals surface area contributed by atoms with E-state index in [-0.39, 0.29) is 18.1 Å². The van der Waals surface area contributed by atoms with Crippen molar-refractivity contribution in [2.75, 3.05) is 18.4 Å². The number of carbonyl (C=O) groups excluding carboxylic acids is 2. The fourth-order valence-electron chi connectivity index (χ4n) is 4.82. The number of halogens is 2. The van der Waals surface area contributed by atoms with Crippen LogP contribution in [0.2, 0.25) is 0 Å². The first-order chi connectivity index (χ1) is 13.5. The predicted molar refractivity (Wildman–Crippen MR) is 109 cm³/mol. The number of fused-ring (bicyclic) bond motifs is 1. The van der Waals surface area contributed by atoms with Gasteiger partial charge in [0.05, 0.1) is 12.2 Å². The third-order valence-corrected chi connectivity index (χ3v) is 6.66. The van der Waals surface area contributed by atoms with Crippen molar-refractivity contribution in [3.8, 4) is 0 Å². The highest BCUT2D eigenvalue weighted by molar-refractivity contribution is 6.54. The maximum atomic E-state index is 12.8. The molecule has 0 radical (unpaired) electrons. The second-order valence-electron chi connectivity index (χ2n) is 8.13. The van der Waals surface area contributed by atoms with Crippen LogP contribution in [0, 0.1) is 11.8 Å². The summed E-state index contributed by atoms with van der Waals surface area (Å²) in [5, 5.41) is 2.71. The second kappa shape index (κ2) is 8.60. The number of rotatable bonds is 4. The fourth-order valence-corrected chi connectivity index (χ4v) is 4.93. The molecule has 28 heavy (non-hydrogen) atoms. The van der Waals surface area contributed by atoms with Crippen molar-refractivity contribution in [1.82, 2.24) is 4.90 Å². The van der Waals surface area contributed by atoms with Gasteiger partial charge in [-0.05, 0) is 43.4 Å². The van der Waals surface area contributed by atoms with Gasteiger partial charge in [0.2, 0.25) is 5.91 Å². The van der Waals surface area contributed by atoms with E-state index in [9.17, 15) is 9.59 Å². The molecule has 1 aliphatic carbocycles. The number of alkyl halides is 2. The van der Waals surface area contributed by atoms with Crippen molar-refractivity contribution in [2.24, 2.45) is 11.8 Å². The molecule has 3 aliphatic rings. The topological polar surface area (TPSA) is 58.6 Å². The average molecular weight is 425 g/mol. The zero-order chi connectivity index (χ0) is 19.7. The van der Waals surface area contributed by atoms with E-state index in [4.69, 9.17) is 27.9 Å². The summed E-state index contributed by atoms with van der Waals surface area (Å²) in [6, 6.07) is 7.63. The number of carbonyl (C=O) groups is 2. The van der Waals surface area contributed by atoms with Gasteiger partial charge in [0.1, 0.15) is 0 Å². The van der Waals surface area contributed by atoms with Gasteiger partial charge in [-0.25, -0.2) is 0 Å². The molecule has 1 aromatic rings. The van der Waals surface area contributed by atoms with E-state index in [2.05, 4.69) is 10.2 Å². The third-order valence-electron chi connectivity index (χ3n) is 6.26. The minimum Gasteiger partial charge on any atom is -0.370 e. The molecular formula is C21H26Cl2N2O3. The Morgan fingerprint density at radius 3 is 2.71 bits per heavy atom. The van der Waals surface area contributed by atoms with Crippen LogP contribution in [0.15, 0.2) is 24.3 Å². The first-order valence-corrected chi connectivity index (χ1v) is 11.0. The average Bonchev–Trinajstić information content (AvgIpc) is 3.36. The second-order valence-corrected chi connectivity index (χ2v) is 9.22. The molecule has 0 bridgehead atoms. The summed E-state index contributed by atoms with van der Waals surface area (Å²) in [7, 11) is 0. The maximum Gasteiger partial charge on any atom is 0.257 e. The molecule has 3 fully saturated rings. The normalized spacial score (nSPS) is 27.8. The lowest BCUT2D eigenvalue weighted by molar-refractivity contribution is -0.138. The predicted octanol–water partition coefficient (Wildman–Crippen LogP) is 4.30. The molecule has 0 spiro atoms. The number of nitrogens with zero attached hydrogens (tertiary/aromatic N) is 1. The van der Waals surface area contributed by atoms with Gasteiger partial charge in [0.25, 0.3) is 5.91 Å². The quantitative estimate of drug-likeness (QED) is 0.732. The van der Waals surface area contributed by atoms with Crippen molar-refractivity contribution < 1.29 is 14.3 Å². The van der Waals surface area contributed by atoms with Crippen LogP contribution in [0.1, 0.15) is 50.2 Å². The van der Waals surface area contributed by atoms with Crippen LogP contribution in [-0.2, 0) is 14.3 Å². The minimum atomic E-state index is -1.10. The summed E-state index contributed by atoms with van der Waals surface area (Å²) in [5.74, 6) is 0.517. The summed E-state index contributed by atoms with van der Waals surface area (Å²) < 4.78 is 6.31. The van der Waals surface area contributed by atoms with Gasteiger partial charge in [0, 0.05) is 30.6 Å². The molecule has 2 saturated heterocycles. The maximum absolute atomic E-state index is 12.8. The zero-order valence-corrected chi connectivity index (χ0v) is 17.3. The van der Waals surface area contributed by atoms with Crippen LogP contribution < -0.4 is 5.32 Å². The molecule has 4 rings (SSSR count). The van der Waals surface area contributed by atoms with E-state index < -0.39 is 10.7 Å². The number of hydrogen-bond donors (Lipinski definition) is 1. The lowest BCUT2D eigenvalue weighted by atomic mass is 9.90. The minimum absolute atomic E-state index is 0.0174. The highest BCUT2D eigenvalue weighted by Crippen LogP contribution is 2.42. The van der Waals surface area contributed by atoms with Crippen LogP contribution in [-0.4, -0.2) is 40.7 Å². The molecule has 7 heteroatoms. The largest absolute Gasteiger partial charge is 0.370 e. The lowest BCUT2D eigenvalue weighted by Crippen LogP contribution is -2.46. The van der Waals surface area contributed by atoms with E-state index in [1.807, 2.05) is 24.3 Å². The standard InChI is InChI=1S/C21H26Cl2N2O3/c22-19(23)20(26)24-16-7-3-6-14(10-16)18-11-15-12-25(9-8-17(15)28-18)21(27)13-4-1-2-5-13/h3,6-7,10,13,15,17-19H,1-2,4-5,8-9,11-12H2,(H,24,26)/t15-,17-,18-/m0/s1. The van der Waals surface area contributed by atoms with Crippen LogP contribution in [0.25, 0.3) is 0 Å². The molecule has 3 atom stereocenters. The first kappa shape index (κ1) is 20.0. The zero-order valence-electron chi connectivity index (χ0n) is 15.8. The summed E-state index contributed by atoms with van der Waals surface area (Å²) in [5.41, 5.74) is 1.69. The van der Waals surface area contributed by atoms with E-state index in [1.54, 1.807) is 0 Å². The molecule has 152 valence electrons. The van der Waals surface area contributed by atoms with E-state index in [0.29, 0.717) is 17.5 Å². The summed E-state index contributed by atoms with van der Waals surface area (Å²) in [6.07, 6.45) is 6.44. The molecule has 1 N–H and O–H groups in total. The van der Waals surface area contributed by atoms with Gasteiger partial charge in [0.15, 0.2) is 4.84 Å². The van der Waals surface area contributed by atoms with Crippen molar-refractivity contribution in [3.05, 3.63) is 29.8 Å². The Labute approximate surface area is 175 Å². The first-order valence-electron chi connectivity index (χ1n) is 10.1.